The van der Waals surface area contributed by atoms with Crippen molar-refractivity contribution in [2.75, 3.05) is 0 Å². The van der Waals surface area contributed by atoms with Crippen LogP contribution in [0.1, 0.15) is 42.7 Å². The minimum atomic E-state index is -0.595. The maximum atomic E-state index is 10.8. The van der Waals surface area contributed by atoms with Gasteiger partial charge in [0.2, 0.25) is 0 Å². The second-order valence-electron chi connectivity index (χ2n) is 6.25. The largest absolute Gasteiger partial charge is 0.508 e. The lowest BCUT2D eigenvalue weighted by Crippen LogP contribution is -2.35. The van der Waals surface area contributed by atoms with Crippen LogP contribution in [0.25, 0.3) is 0 Å². The van der Waals surface area contributed by atoms with Gasteiger partial charge in [-0.3, -0.25) is 0 Å². The standard InChI is InChI=1S/C19H22O2/c20-18-8-6-15(7-9-18)14-19(21)12-10-17(11-13-19)16-4-2-1-3-5-16/h1-9,17,20-21H,10-14H2. The van der Waals surface area contributed by atoms with Gasteiger partial charge >= 0.3 is 0 Å². The Bertz CT molecular complexity index is 566. The fourth-order valence-corrected chi connectivity index (χ4v) is 3.38. The Hall–Kier alpha value is -1.80. The molecular weight excluding hydrogens is 260 g/mol. The lowest BCUT2D eigenvalue weighted by molar-refractivity contribution is -0.000467. The summed E-state index contributed by atoms with van der Waals surface area (Å²) in [5, 5.41) is 20.1. The Morgan fingerprint density at radius 2 is 1.52 bits per heavy atom. The number of hydrogen-bond donors (Lipinski definition) is 2. The fourth-order valence-electron chi connectivity index (χ4n) is 3.38. The number of phenolic OH excluding ortho intramolecular Hbond substituents is 1. The molecule has 1 saturated carbocycles. The minimum absolute atomic E-state index is 0.276. The summed E-state index contributed by atoms with van der Waals surface area (Å²) in [6, 6.07) is 17.8. The molecule has 21 heavy (non-hydrogen) atoms. The van der Waals surface area contributed by atoms with Crippen LogP contribution in [0.4, 0.5) is 0 Å². The van der Waals surface area contributed by atoms with Crippen molar-refractivity contribution >= 4 is 0 Å². The van der Waals surface area contributed by atoms with Crippen LogP contribution < -0.4 is 0 Å². The van der Waals surface area contributed by atoms with Crippen LogP contribution in [-0.4, -0.2) is 15.8 Å². The minimum Gasteiger partial charge on any atom is -0.508 e. The summed E-state index contributed by atoms with van der Waals surface area (Å²) >= 11 is 0. The van der Waals surface area contributed by atoms with Gasteiger partial charge in [-0.25, -0.2) is 0 Å². The summed E-state index contributed by atoms with van der Waals surface area (Å²) in [7, 11) is 0. The molecule has 2 aromatic rings. The molecule has 2 aromatic carbocycles. The van der Waals surface area contributed by atoms with Gasteiger partial charge in [-0.05, 0) is 54.9 Å². The van der Waals surface area contributed by atoms with Crippen molar-refractivity contribution < 1.29 is 10.2 Å². The van der Waals surface area contributed by atoms with Crippen molar-refractivity contribution in [1.82, 2.24) is 0 Å². The van der Waals surface area contributed by atoms with E-state index < -0.39 is 5.60 Å². The molecule has 0 amide bonds. The molecule has 1 fully saturated rings. The summed E-state index contributed by atoms with van der Waals surface area (Å²) in [6.07, 6.45) is 4.44. The van der Waals surface area contributed by atoms with E-state index >= 15 is 0 Å². The van der Waals surface area contributed by atoms with E-state index in [0.717, 1.165) is 31.2 Å². The van der Waals surface area contributed by atoms with Gasteiger partial charge in [0.1, 0.15) is 5.75 Å². The number of rotatable bonds is 3. The topological polar surface area (TPSA) is 40.5 Å². The van der Waals surface area contributed by atoms with Gasteiger partial charge < -0.3 is 10.2 Å². The molecule has 1 aliphatic rings. The zero-order valence-corrected chi connectivity index (χ0v) is 12.2. The summed E-state index contributed by atoms with van der Waals surface area (Å²) in [5.41, 5.74) is 1.89. The van der Waals surface area contributed by atoms with E-state index in [1.807, 2.05) is 18.2 Å². The first-order valence-corrected chi connectivity index (χ1v) is 7.70. The van der Waals surface area contributed by atoms with E-state index in [9.17, 15) is 10.2 Å². The highest BCUT2D eigenvalue weighted by molar-refractivity contribution is 5.27. The smallest absolute Gasteiger partial charge is 0.115 e. The van der Waals surface area contributed by atoms with Crippen molar-refractivity contribution in [2.24, 2.45) is 0 Å². The monoisotopic (exact) mass is 282 g/mol. The molecular formula is C19H22O2. The first-order chi connectivity index (χ1) is 10.1. The predicted octanol–water partition coefficient (Wildman–Crippen LogP) is 4.02. The van der Waals surface area contributed by atoms with Gasteiger partial charge in [0.25, 0.3) is 0 Å². The van der Waals surface area contributed by atoms with E-state index in [2.05, 4.69) is 24.3 Å². The van der Waals surface area contributed by atoms with Gasteiger partial charge in [0, 0.05) is 6.42 Å². The molecule has 0 aromatic heterocycles. The summed E-state index contributed by atoms with van der Waals surface area (Å²) in [6.45, 7) is 0. The highest BCUT2D eigenvalue weighted by atomic mass is 16.3. The first kappa shape index (κ1) is 14.2. The number of phenols is 1. The SMILES string of the molecule is Oc1ccc(CC2(O)CCC(c3ccccc3)CC2)cc1. The highest BCUT2D eigenvalue weighted by Crippen LogP contribution is 2.39. The third-order valence-corrected chi connectivity index (χ3v) is 4.66. The van der Waals surface area contributed by atoms with Crippen LogP contribution in [0, 0.1) is 0 Å². The van der Waals surface area contributed by atoms with E-state index in [-0.39, 0.29) is 5.75 Å². The maximum absolute atomic E-state index is 10.8. The van der Waals surface area contributed by atoms with Gasteiger partial charge in [-0.1, -0.05) is 42.5 Å². The third kappa shape index (κ3) is 3.45. The Morgan fingerprint density at radius 1 is 0.905 bits per heavy atom. The summed E-state index contributed by atoms with van der Waals surface area (Å²) in [5.74, 6) is 0.852. The van der Waals surface area contributed by atoms with E-state index in [1.165, 1.54) is 5.56 Å². The van der Waals surface area contributed by atoms with Crippen LogP contribution in [0.15, 0.2) is 54.6 Å². The van der Waals surface area contributed by atoms with Crippen LogP contribution in [-0.2, 0) is 6.42 Å². The Labute approximate surface area is 126 Å². The Balaban J connectivity index is 1.62. The molecule has 0 heterocycles. The lowest BCUT2D eigenvalue weighted by atomic mass is 9.74. The average Bonchev–Trinajstić information content (AvgIpc) is 2.51. The van der Waals surface area contributed by atoms with Crippen molar-refractivity contribution in [3.05, 3.63) is 65.7 Å². The molecule has 3 rings (SSSR count). The number of aliphatic hydroxyl groups is 1. The van der Waals surface area contributed by atoms with Gasteiger partial charge in [-0.15, -0.1) is 0 Å². The van der Waals surface area contributed by atoms with Crippen LogP contribution in [0.3, 0.4) is 0 Å². The Morgan fingerprint density at radius 3 is 2.14 bits per heavy atom. The fraction of sp³-hybridized carbons (Fsp3) is 0.368. The van der Waals surface area contributed by atoms with Gasteiger partial charge in [0.15, 0.2) is 0 Å². The quantitative estimate of drug-likeness (QED) is 0.892. The molecule has 0 unspecified atom stereocenters. The maximum Gasteiger partial charge on any atom is 0.115 e. The van der Waals surface area contributed by atoms with Crippen molar-refractivity contribution in [1.29, 1.82) is 0 Å². The Kier molecular flexibility index (Phi) is 3.98. The molecule has 0 spiro atoms. The first-order valence-electron chi connectivity index (χ1n) is 7.70. The molecule has 0 atom stereocenters. The van der Waals surface area contributed by atoms with Crippen LogP contribution >= 0.6 is 0 Å². The number of hydrogen-bond acceptors (Lipinski definition) is 2. The van der Waals surface area contributed by atoms with Crippen molar-refractivity contribution in [3.8, 4) is 5.75 Å². The molecule has 2 N–H and O–H groups in total. The number of aromatic hydroxyl groups is 1. The lowest BCUT2D eigenvalue weighted by Gasteiger charge is -2.36. The number of benzene rings is 2. The van der Waals surface area contributed by atoms with E-state index in [4.69, 9.17) is 0 Å². The zero-order valence-electron chi connectivity index (χ0n) is 12.2. The summed E-state index contributed by atoms with van der Waals surface area (Å²) in [4.78, 5) is 0. The van der Waals surface area contributed by atoms with Gasteiger partial charge in [-0.2, -0.15) is 0 Å². The highest BCUT2D eigenvalue weighted by Gasteiger charge is 2.33. The van der Waals surface area contributed by atoms with Gasteiger partial charge in [0.05, 0.1) is 5.60 Å². The molecule has 110 valence electrons. The van der Waals surface area contributed by atoms with E-state index in [1.54, 1.807) is 12.1 Å². The van der Waals surface area contributed by atoms with Crippen LogP contribution in [0.5, 0.6) is 5.75 Å². The second-order valence-corrected chi connectivity index (χ2v) is 6.25. The molecule has 0 radical (unpaired) electrons. The zero-order chi connectivity index (χ0) is 14.7. The molecule has 2 heteroatoms. The molecule has 0 bridgehead atoms. The molecule has 2 nitrogen and oxygen atoms in total. The third-order valence-electron chi connectivity index (χ3n) is 4.66. The summed E-state index contributed by atoms with van der Waals surface area (Å²) < 4.78 is 0. The molecule has 0 aliphatic heterocycles. The molecule has 0 saturated heterocycles. The van der Waals surface area contributed by atoms with Crippen LogP contribution in [0.2, 0.25) is 0 Å². The van der Waals surface area contributed by atoms with E-state index in [0.29, 0.717) is 12.3 Å². The normalized spacial score (nSPS) is 25.7. The second kappa shape index (κ2) is 5.90. The van der Waals surface area contributed by atoms with Crippen molar-refractivity contribution in [2.45, 2.75) is 43.6 Å². The van der Waals surface area contributed by atoms with Crippen molar-refractivity contribution in [3.63, 3.8) is 0 Å². The molecule has 1 aliphatic carbocycles. The predicted molar refractivity (Wildman–Crippen MR) is 84.4 cm³/mol. The average molecular weight is 282 g/mol.